The molecule has 0 aliphatic rings. The Kier molecular flexibility index (Phi) is 5.22. The first-order valence-electron chi connectivity index (χ1n) is 5.40. The Labute approximate surface area is 102 Å². The van der Waals surface area contributed by atoms with Crippen molar-refractivity contribution < 1.29 is 5.11 Å². The Morgan fingerprint density at radius 2 is 2.25 bits per heavy atom. The molecule has 0 aromatic heterocycles. The predicted molar refractivity (Wildman–Crippen MR) is 70.5 cm³/mol. The lowest BCUT2D eigenvalue weighted by Gasteiger charge is -2.20. The summed E-state index contributed by atoms with van der Waals surface area (Å²) >= 11 is 4.91. The van der Waals surface area contributed by atoms with Crippen molar-refractivity contribution in [3.05, 3.63) is 29.8 Å². The second-order valence-corrected chi connectivity index (χ2v) is 4.37. The quantitative estimate of drug-likeness (QED) is 0.743. The van der Waals surface area contributed by atoms with Gasteiger partial charge in [0, 0.05) is 13.1 Å². The highest BCUT2D eigenvalue weighted by Gasteiger charge is 2.06. The van der Waals surface area contributed by atoms with Crippen LogP contribution in [0.15, 0.2) is 24.3 Å². The maximum Gasteiger partial charge on any atom is 0.115 e. The summed E-state index contributed by atoms with van der Waals surface area (Å²) in [6, 6.07) is 7.26. The van der Waals surface area contributed by atoms with Crippen molar-refractivity contribution in [3.63, 3.8) is 0 Å². The van der Waals surface area contributed by atoms with Gasteiger partial charge in [-0.15, -0.1) is 0 Å². The van der Waals surface area contributed by atoms with Crippen molar-refractivity contribution >= 4 is 17.2 Å². The number of nitrogens with two attached hydrogens (primary N) is 1. The molecule has 0 amide bonds. The molecule has 0 heterocycles. The zero-order valence-electron chi connectivity index (χ0n) is 9.52. The highest BCUT2D eigenvalue weighted by atomic mass is 32.1. The summed E-state index contributed by atoms with van der Waals surface area (Å²) < 4.78 is 0. The van der Waals surface area contributed by atoms with Gasteiger partial charge in [-0.05, 0) is 30.7 Å². The Balaban J connectivity index is 2.63. The Morgan fingerprint density at radius 1 is 1.50 bits per heavy atom. The van der Waals surface area contributed by atoms with Gasteiger partial charge in [0.1, 0.15) is 5.75 Å². The SMILES string of the molecule is CCCN(CC(N)=S)Cc1cccc(O)c1. The molecule has 0 aliphatic carbocycles. The van der Waals surface area contributed by atoms with Crippen molar-refractivity contribution in [1.29, 1.82) is 0 Å². The molecule has 0 unspecified atom stereocenters. The third kappa shape index (κ3) is 4.59. The van der Waals surface area contributed by atoms with E-state index < -0.39 is 0 Å². The molecule has 0 radical (unpaired) electrons. The second kappa shape index (κ2) is 6.45. The van der Waals surface area contributed by atoms with Crippen LogP contribution in [0.2, 0.25) is 0 Å². The molecule has 3 nitrogen and oxygen atoms in total. The molecule has 0 spiro atoms. The predicted octanol–water partition coefficient (Wildman–Crippen LogP) is 1.89. The molecular weight excluding hydrogens is 220 g/mol. The molecular formula is C12H18N2OS. The van der Waals surface area contributed by atoms with Crippen LogP contribution >= 0.6 is 12.2 Å². The number of rotatable bonds is 6. The van der Waals surface area contributed by atoms with E-state index in [0.717, 1.165) is 25.1 Å². The van der Waals surface area contributed by atoms with E-state index in [-0.39, 0.29) is 0 Å². The van der Waals surface area contributed by atoms with Crippen molar-refractivity contribution in [2.45, 2.75) is 19.9 Å². The first kappa shape index (κ1) is 12.9. The van der Waals surface area contributed by atoms with Crippen LogP contribution in [0.4, 0.5) is 0 Å². The Morgan fingerprint density at radius 3 is 2.81 bits per heavy atom. The van der Waals surface area contributed by atoms with Crippen LogP contribution in [-0.2, 0) is 6.54 Å². The minimum Gasteiger partial charge on any atom is -0.508 e. The summed E-state index contributed by atoms with van der Waals surface area (Å²) in [4.78, 5) is 2.69. The Bertz CT molecular complexity index is 355. The van der Waals surface area contributed by atoms with Crippen LogP contribution in [0.1, 0.15) is 18.9 Å². The van der Waals surface area contributed by atoms with Gasteiger partial charge in [0.05, 0.1) is 4.99 Å². The molecule has 4 heteroatoms. The van der Waals surface area contributed by atoms with Crippen LogP contribution in [0.3, 0.4) is 0 Å². The van der Waals surface area contributed by atoms with Gasteiger partial charge in [0.25, 0.3) is 0 Å². The van der Waals surface area contributed by atoms with Crippen LogP contribution in [-0.4, -0.2) is 28.1 Å². The number of phenols is 1. The average Bonchev–Trinajstić information content (AvgIpc) is 2.16. The summed E-state index contributed by atoms with van der Waals surface area (Å²) in [6.07, 6.45) is 1.06. The first-order valence-corrected chi connectivity index (χ1v) is 5.81. The zero-order valence-corrected chi connectivity index (χ0v) is 10.3. The number of benzene rings is 1. The fourth-order valence-corrected chi connectivity index (χ4v) is 1.85. The summed E-state index contributed by atoms with van der Waals surface area (Å²) in [5.41, 5.74) is 6.62. The zero-order chi connectivity index (χ0) is 12.0. The van der Waals surface area contributed by atoms with E-state index in [1.54, 1.807) is 12.1 Å². The van der Waals surface area contributed by atoms with Gasteiger partial charge >= 0.3 is 0 Å². The molecule has 1 aromatic rings. The average molecular weight is 238 g/mol. The number of thiocarbonyl (C=S) groups is 1. The summed E-state index contributed by atoms with van der Waals surface area (Å²) in [6.45, 7) is 4.46. The first-order chi connectivity index (χ1) is 7.61. The van der Waals surface area contributed by atoms with E-state index in [0.29, 0.717) is 17.3 Å². The molecule has 0 aliphatic heterocycles. The highest BCUT2D eigenvalue weighted by Crippen LogP contribution is 2.13. The van der Waals surface area contributed by atoms with Crippen LogP contribution < -0.4 is 5.73 Å². The van der Waals surface area contributed by atoms with Crippen LogP contribution in [0, 0.1) is 0 Å². The third-order valence-corrected chi connectivity index (χ3v) is 2.37. The van der Waals surface area contributed by atoms with E-state index >= 15 is 0 Å². The standard InChI is InChI=1S/C12H18N2OS/c1-2-6-14(9-12(13)16)8-10-4-3-5-11(15)7-10/h3-5,7,15H,2,6,8-9H2,1H3,(H2,13,16). The number of phenolic OH excluding ortho intramolecular Hbond substituents is 1. The number of hydrogen-bond acceptors (Lipinski definition) is 3. The van der Waals surface area contributed by atoms with Crippen molar-refractivity contribution in [3.8, 4) is 5.75 Å². The lowest BCUT2D eigenvalue weighted by Crippen LogP contribution is -2.32. The van der Waals surface area contributed by atoms with Gasteiger partial charge in [-0.2, -0.15) is 0 Å². The smallest absolute Gasteiger partial charge is 0.115 e. The van der Waals surface area contributed by atoms with E-state index in [1.165, 1.54) is 0 Å². The maximum atomic E-state index is 9.37. The van der Waals surface area contributed by atoms with E-state index in [4.69, 9.17) is 18.0 Å². The summed E-state index contributed by atoms with van der Waals surface area (Å²) in [5.74, 6) is 0.296. The minimum atomic E-state index is 0.296. The molecule has 88 valence electrons. The Hall–Kier alpha value is -1.13. The summed E-state index contributed by atoms with van der Waals surface area (Å²) in [7, 11) is 0. The molecule has 0 atom stereocenters. The van der Waals surface area contributed by atoms with E-state index in [1.807, 2.05) is 12.1 Å². The van der Waals surface area contributed by atoms with Crippen molar-refractivity contribution in [2.75, 3.05) is 13.1 Å². The molecule has 0 bridgehead atoms. The lowest BCUT2D eigenvalue weighted by atomic mass is 10.2. The van der Waals surface area contributed by atoms with Crippen molar-refractivity contribution in [2.24, 2.45) is 5.73 Å². The summed E-state index contributed by atoms with van der Waals surface area (Å²) in [5, 5.41) is 9.37. The maximum absolute atomic E-state index is 9.37. The number of nitrogens with zero attached hydrogens (tertiary/aromatic N) is 1. The second-order valence-electron chi connectivity index (χ2n) is 3.85. The largest absolute Gasteiger partial charge is 0.508 e. The van der Waals surface area contributed by atoms with E-state index in [9.17, 15) is 5.11 Å². The number of aromatic hydroxyl groups is 1. The van der Waals surface area contributed by atoms with E-state index in [2.05, 4.69) is 11.8 Å². The van der Waals surface area contributed by atoms with Gasteiger partial charge in [-0.25, -0.2) is 0 Å². The fourth-order valence-electron chi connectivity index (χ4n) is 1.66. The lowest BCUT2D eigenvalue weighted by molar-refractivity contribution is 0.304. The topological polar surface area (TPSA) is 49.5 Å². The molecule has 0 fully saturated rings. The van der Waals surface area contributed by atoms with Gasteiger partial charge in [-0.3, -0.25) is 4.90 Å². The molecule has 0 saturated carbocycles. The van der Waals surface area contributed by atoms with Gasteiger partial charge < -0.3 is 10.8 Å². The van der Waals surface area contributed by atoms with Gasteiger partial charge in [-0.1, -0.05) is 31.3 Å². The van der Waals surface area contributed by atoms with Gasteiger partial charge in [0.2, 0.25) is 0 Å². The molecule has 0 saturated heterocycles. The number of hydrogen-bond donors (Lipinski definition) is 2. The fraction of sp³-hybridized carbons (Fsp3) is 0.417. The van der Waals surface area contributed by atoms with Crippen molar-refractivity contribution in [1.82, 2.24) is 4.90 Å². The van der Waals surface area contributed by atoms with Crippen LogP contribution in [0.25, 0.3) is 0 Å². The minimum absolute atomic E-state index is 0.296. The van der Waals surface area contributed by atoms with Gasteiger partial charge in [0.15, 0.2) is 0 Å². The van der Waals surface area contributed by atoms with Crippen LogP contribution in [0.5, 0.6) is 5.75 Å². The third-order valence-electron chi connectivity index (χ3n) is 2.24. The molecule has 1 rings (SSSR count). The molecule has 3 N–H and O–H groups in total. The normalized spacial score (nSPS) is 10.6. The molecule has 1 aromatic carbocycles. The monoisotopic (exact) mass is 238 g/mol. The molecule has 16 heavy (non-hydrogen) atoms. The highest BCUT2D eigenvalue weighted by molar-refractivity contribution is 7.80.